The second-order valence-electron chi connectivity index (χ2n) is 16.7. The van der Waals surface area contributed by atoms with Crippen molar-refractivity contribution in [3.8, 4) is 77.9 Å². The maximum absolute atomic E-state index is 2.38. The first kappa shape index (κ1) is 37.4. The molecule has 298 valence electrons. The summed E-state index contributed by atoms with van der Waals surface area (Å²) in [7, 11) is 0. The molecule has 0 heteroatoms. The van der Waals surface area contributed by atoms with Gasteiger partial charge in [0.15, 0.2) is 0 Å². The molecule has 0 fully saturated rings. The van der Waals surface area contributed by atoms with E-state index in [-0.39, 0.29) is 0 Å². The van der Waals surface area contributed by atoms with E-state index in [0.29, 0.717) is 0 Å². The van der Waals surface area contributed by atoms with Crippen LogP contribution < -0.4 is 0 Å². The van der Waals surface area contributed by atoms with Crippen LogP contribution in [0.4, 0.5) is 0 Å². The highest BCUT2D eigenvalue weighted by molar-refractivity contribution is 6.30. The summed E-state index contributed by atoms with van der Waals surface area (Å²) in [6.45, 7) is 0. The Kier molecular flexibility index (Phi) is 9.28. The summed E-state index contributed by atoms with van der Waals surface area (Å²) in [5, 5.41) is 9.90. The Morgan fingerprint density at radius 2 is 0.375 bits per heavy atom. The Morgan fingerprint density at radius 1 is 0.141 bits per heavy atom. The first-order valence-corrected chi connectivity index (χ1v) is 22.2. The fourth-order valence-electron chi connectivity index (χ4n) is 10.2. The third-order valence-corrected chi connectivity index (χ3v) is 13.1. The lowest BCUT2D eigenvalue weighted by Gasteiger charge is -2.24. The van der Waals surface area contributed by atoms with Gasteiger partial charge in [-0.05, 0) is 133 Å². The van der Waals surface area contributed by atoms with Crippen molar-refractivity contribution in [3.05, 3.63) is 255 Å². The van der Waals surface area contributed by atoms with Gasteiger partial charge >= 0.3 is 0 Å². The van der Waals surface area contributed by atoms with Crippen LogP contribution in [0.5, 0.6) is 0 Å². The summed E-state index contributed by atoms with van der Waals surface area (Å²) in [5.41, 5.74) is 17.2. The second kappa shape index (κ2) is 15.9. The van der Waals surface area contributed by atoms with E-state index in [2.05, 4.69) is 255 Å². The molecular formula is C64H42. The molecule has 0 radical (unpaired) electrons. The Balaban J connectivity index is 1.17. The van der Waals surface area contributed by atoms with Crippen molar-refractivity contribution in [2.45, 2.75) is 0 Å². The van der Waals surface area contributed by atoms with Gasteiger partial charge in [0.2, 0.25) is 0 Å². The van der Waals surface area contributed by atoms with Gasteiger partial charge in [0.05, 0.1) is 0 Å². The van der Waals surface area contributed by atoms with E-state index in [1.807, 2.05) is 0 Å². The van der Waals surface area contributed by atoms with Crippen LogP contribution in [0.2, 0.25) is 0 Å². The largest absolute Gasteiger partial charge is 0.0622 e. The second-order valence-corrected chi connectivity index (χ2v) is 16.7. The molecule has 0 aromatic heterocycles. The topological polar surface area (TPSA) is 0 Å². The fraction of sp³-hybridized carbons (Fsp3) is 0. The Morgan fingerprint density at radius 3 is 0.656 bits per heavy atom. The Hall–Kier alpha value is -8.32. The molecule has 0 N–H and O–H groups in total. The van der Waals surface area contributed by atoms with Gasteiger partial charge in [-0.25, -0.2) is 0 Å². The average molecular weight is 811 g/mol. The van der Waals surface area contributed by atoms with Gasteiger partial charge in [-0.15, -0.1) is 0 Å². The minimum Gasteiger partial charge on any atom is -0.0622 e. The molecule has 0 atom stereocenters. The SMILES string of the molecule is c1ccc(-c2ccc(-c3c4ccccc4c(-c4c5ccccc5c(-c5ccc(-c6ccccc6)cc5-c5ccccc5)c5ccccc45)c4ccccc34)c(-c3ccccc3)c2)cc1. The molecule has 12 aromatic rings. The molecule has 12 aromatic carbocycles. The molecule has 0 aliphatic rings. The zero-order valence-electron chi connectivity index (χ0n) is 35.2. The minimum absolute atomic E-state index is 1.20. The van der Waals surface area contributed by atoms with Crippen molar-refractivity contribution in [3.63, 3.8) is 0 Å². The van der Waals surface area contributed by atoms with Crippen molar-refractivity contribution >= 4 is 43.1 Å². The summed E-state index contributed by atoms with van der Waals surface area (Å²) in [6, 6.07) is 93.6. The van der Waals surface area contributed by atoms with Crippen molar-refractivity contribution in [1.82, 2.24) is 0 Å². The van der Waals surface area contributed by atoms with E-state index in [9.17, 15) is 0 Å². The van der Waals surface area contributed by atoms with Crippen LogP contribution in [0.1, 0.15) is 0 Å². The van der Waals surface area contributed by atoms with Gasteiger partial charge in [0.25, 0.3) is 0 Å². The molecule has 0 spiro atoms. The maximum atomic E-state index is 2.38. The predicted molar refractivity (Wildman–Crippen MR) is 275 cm³/mol. The zero-order chi connectivity index (χ0) is 42.4. The lowest BCUT2D eigenvalue weighted by Crippen LogP contribution is -1.96. The summed E-state index contributed by atoms with van der Waals surface area (Å²) < 4.78 is 0. The normalized spacial score (nSPS) is 11.4. The van der Waals surface area contributed by atoms with Crippen molar-refractivity contribution in [1.29, 1.82) is 0 Å². The monoisotopic (exact) mass is 810 g/mol. The number of hydrogen-bond acceptors (Lipinski definition) is 0. The summed E-state index contributed by atoms with van der Waals surface area (Å²) >= 11 is 0. The van der Waals surface area contributed by atoms with Gasteiger partial charge in [0.1, 0.15) is 0 Å². The lowest BCUT2D eigenvalue weighted by molar-refractivity contribution is 1.58. The third-order valence-electron chi connectivity index (χ3n) is 13.1. The smallest absolute Gasteiger partial charge is 0.00139 e. The van der Waals surface area contributed by atoms with E-state index in [1.54, 1.807) is 0 Å². The van der Waals surface area contributed by atoms with Crippen LogP contribution in [-0.2, 0) is 0 Å². The highest BCUT2D eigenvalue weighted by Crippen LogP contribution is 2.52. The van der Waals surface area contributed by atoms with Gasteiger partial charge in [-0.3, -0.25) is 0 Å². The molecule has 0 saturated heterocycles. The van der Waals surface area contributed by atoms with Crippen molar-refractivity contribution < 1.29 is 0 Å². The summed E-state index contributed by atoms with van der Waals surface area (Å²) in [5.74, 6) is 0. The molecule has 0 saturated carbocycles. The molecular weight excluding hydrogens is 769 g/mol. The first-order valence-electron chi connectivity index (χ1n) is 22.2. The first-order chi connectivity index (χ1) is 31.8. The van der Waals surface area contributed by atoms with E-state index >= 15 is 0 Å². The van der Waals surface area contributed by atoms with Gasteiger partial charge in [-0.1, -0.05) is 243 Å². The molecule has 0 unspecified atom stereocenters. The summed E-state index contributed by atoms with van der Waals surface area (Å²) in [6.07, 6.45) is 0. The van der Waals surface area contributed by atoms with Crippen LogP contribution in [0.3, 0.4) is 0 Å². The average Bonchev–Trinajstić information content (AvgIpc) is 3.38. The highest BCUT2D eigenvalue weighted by atomic mass is 14.3. The van der Waals surface area contributed by atoms with Gasteiger partial charge in [-0.2, -0.15) is 0 Å². The molecule has 0 aliphatic carbocycles. The Bertz CT molecular complexity index is 3320. The molecule has 12 rings (SSSR count). The fourth-order valence-corrected chi connectivity index (χ4v) is 10.2. The third kappa shape index (κ3) is 6.31. The quantitative estimate of drug-likeness (QED) is 0.141. The predicted octanol–water partition coefficient (Wildman–Crippen LogP) is 18.0. The number of rotatable bonds is 7. The lowest BCUT2D eigenvalue weighted by atomic mass is 9.79. The van der Waals surface area contributed by atoms with E-state index in [0.717, 1.165) is 0 Å². The molecule has 0 bridgehead atoms. The molecule has 0 nitrogen and oxygen atoms in total. The van der Waals surface area contributed by atoms with Crippen LogP contribution in [0.15, 0.2) is 255 Å². The van der Waals surface area contributed by atoms with Crippen molar-refractivity contribution in [2.24, 2.45) is 0 Å². The zero-order valence-corrected chi connectivity index (χ0v) is 35.2. The molecule has 0 amide bonds. The molecule has 0 heterocycles. The standard InChI is InChI=1S/C64H42/c1-5-21-43(22-6-1)47-37-39-57(59(41-47)45-25-9-3-10-26-45)61-49-29-13-17-33-53(49)63(54-34-18-14-30-50(54)61)64-55-35-19-15-31-51(55)62(52-32-16-20-36-56(52)64)58-40-38-48(44-23-7-2-8-24-44)42-60(58)46-27-11-4-12-28-46/h1-42H. The van der Waals surface area contributed by atoms with Crippen LogP contribution in [-0.4, -0.2) is 0 Å². The molecule has 64 heavy (non-hydrogen) atoms. The van der Waals surface area contributed by atoms with E-state index in [1.165, 1.54) is 121 Å². The van der Waals surface area contributed by atoms with Crippen LogP contribution in [0.25, 0.3) is 121 Å². The minimum atomic E-state index is 1.20. The van der Waals surface area contributed by atoms with Gasteiger partial charge < -0.3 is 0 Å². The molecule has 0 aliphatic heterocycles. The number of benzene rings is 12. The van der Waals surface area contributed by atoms with E-state index in [4.69, 9.17) is 0 Å². The van der Waals surface area contributed by atoms with Crippen molar-refractivity contribution in [2.75, 3.05) is 0 Å². The van der Waals surface area contributed by atoms with E-state index < -0.39 is 0 Å². The Labute approximate surface area is 374 Å². The summed E-state index contributed by atoms with van der Waals surface area (Å²) in [4.78, 5) is 0. The van der Waals surface area contributed by atoms with Gasteiger partial charge in [0, 0.05) is 0 Å². The maximum Gasteiger partial charge on any atom is -0.00139 e. The number of hydrogen-bond donors (Lipinski definition) is 0. The number of fused-ring (bicyclic) bond motifs is 4. The van der Waals surface area contributed by atoms with Crippen LogP contribution in [0, 0.1) is 0 Å². The van der Waals surface area contributed by atoms with Crippen LogP contribution >= 0.6 is 0 Å². The highest BCUT2D eigenvalue weighted by Gasteiger charge is 2.24.